The lowest BCUT2D eigenvalue weighted by atomic mass is 9.97. The van der Waals surface area contributed by atoms with Crippen LogP contribution in [-0.2, 0) is 26.1 Å². The zero-order valence-corrected chi connectivity index (χ0v) is 20.6. The van der Waals surface area contributed by atoms with Crippen LogP contribution >= 0.6 is 11.6 Å². The van der Waals surface area contributed by atoms with Crippen LogP contribution < -0.4 is 5.32 Å². The summed E-state index contributed by atoms with van der Waals surface area (Å²) in [5.41, 5.74) is 1.73. The molecule has 0 atom stereocenters. The van der Waals surface area contributed by atoms with Gasteiger partial charge in [-0.3, -0.25) is 9.48 Å². The van der Waals surface area contributed by atoms with Crippen molar-refractivity contribution in [3.05, 3.63) is 77.1 Å². The number of sulfonamides is 1. The number of hydrogen-bond donors (Lipinski definition) is 1. The van der Waals surface area contributed by atoms with Crippen LogP contribution in [0.25, 0.3) is 0 Å². The molecular formula is C24H25ClN4O5S. The summed E-state index contributed by atoms with van der Waals surface area (Å²) in [5, 5.41) is 7.60. The van der Waals surface area contributed by atoms with Crippen LogP contribution in [0.1, 0.15) is 28.8 Å². The summed E-state index contributed by atoms with van der Waals surface area (Å²) in [5.74, 6) is -0.913. The number of carbonyl (C=O) groups is 2. The van der Waals surface area contributed by atoms with Gasteiger partial charge in [0.1, 0.15) is 0 Å². The van der Waals surface area contributed by atoms with Crippen LogP contribution in [0.5, 0.6) is 0 Å². The molecule has 11 heteroatoms. The molecule has 0 unspecified atom stereocenters. The highest BCUT2D eigenvalue weighted by Crippen LogP contribution is 2.26. The summed E-state index contributed by atoms with van der Waals surface area (Å²) >= 11 is 5.86. The van der Waals surface area contributed by atoms with Gasteiger partial charge in [0.25, 0.3) is 0 Å². The van der Waals surface area contributed by atoms with Gasteiger partial charge in [-0.05, 0) is 48.7 Å². The highest BCUT2D eigenvalue weighted by Gasteiger charge is 2.32. The Morgan fingerprint density at radius 3 is 2.49 bits per heavy atom. The molecule has 4 rings (SSSR count). The molecule has 0 saturated carbocycles. The van der Waals surface area contributed by atoms with Gasteiger partial charge in [0.15, 0.2) is 0 Å². The Morgan fingerprint density at radius 1 is 1.11 bits per heavy atom. The molecule has 1 aliphatic rings. The summed E-state index contributed by atoms with van der Waals surface area (Å²) < 4.78 is 33.5. The Balaban J connectivity index is 1.34. The van der Waals surface area contributed by atoms with E-state index in [1.165, 1.54) is 23.5 Å². The fraction of sp³-hybridized carbons (Fsp3) is 0.292. The van der Waals surface area contributed by atoms with Gasteiger partial charge in [-0.2, -0.15) is 9.40 Å². The Labute approximate surface area is 208 Å². The van der Waals surface area contributed by atoms with E-state index in [2.05, 4.69) is 10.4 Å². The highest BCUT2D eigenvalue weighted by molar-refractivity contribution is 7.89. The number of amides is 1. The molecule has 2 heterocycles. The third kappa shape index (κ3) is 5.72. The van der Waals surface area contributed by atoms with E-state index in [1.54, 1.807) is 41.3 Å². The maximum atomic E-state index is 12.8. The lowest BCUT2D eigenvalue weighted by Crippen LogP contribution is -2.41. The SMILES string of the molecule is COC(=O)c1ccccc1Cn1cc(NC(=O)C2CCN(S(=O)(=O)c3ccc(Cl)cc3)CC2)cn1. The molecule has 184 valence electrons. The molecule has 35 heavy (non-hydrogen) atoms. The number of esters is 1. The van der Waals surface area contributed by atoms with E-state index >= 15 is 0 Å². The molecule has 9 nitrogen and oxygen atoms in total. The topological polar surface area (TPSA) is 111 Å². The molecule has 1 saturated heterocycles. The number of benzene rings is 2. The highest BCUT2D eigenvalue weighted by atomic mass is 35.5. The zero-order valence-electron chi connectivity index (χ0n) is 19.1. The van der Waals surface area contributed by atoms with Crippen LogP contribution in [0, 0.1) is 5.92 Å². The first kappa shape index (κ1) is 24.9. The fourth-order valence-corrected chi connectivity index (χ4v) is 5.61. The molecule has 1 aliphatic heterocycles. The van der Waals surface area contributed by atoms with Crippen molar-refractivity contribution >= 4 is 39.2 Å². The van der Waals surface area contributed by atoms with Gasteiger partial charge >= 0.3 is 5.97 Å². The second kappa shape index (κ2) is 10.6. The van der Waals surface area contributed by atoms with Crippen LogP contribution in [0.3, 0.4) is 0 Å². The van der Waals surface area contributed by atoms with Gasteiger partial charge < -0.3 is 10.1 Å². The van der Waals surface area contributed by atoms with Crippen molar-refractivity contribution in [3.8, 4) is 0 Å². The molecule has 2 aromatic carbocycles. The van der Waals surface area contributed by atoms with Crippen molar-refractivity contribution in [1.82, 2.24) is 14.1 Å². The number of piperidine rings is 1. The molecular weight excluding hydrogens is 492 g/mol. The largest absolute Gasteiger partial charge is 0.465 e. The smallest absolute Gasteiger partial charge is 0.338 e. The van der Waals surface area contributed by atoms with Crippen LogP contribution in [0.4, 0.5) is 5.69 Å². The Morgan fingerprint density at radius 2 is 1.80 bits per heavy atom. The summed E-state index contributed by atoms with van der Waals surface area (Å²) in [4.78, 5) is 24.9. The van der Waals surface area contributed by atoms with Gasteiger partial charge in [-0.1, -0.05) is 29.8 Å². The average molecular weight is 517 g/mol. The summed E-state index contributed by atoms with van der Waals surface area (Å²) in [6.45, 7) is 0.849. The summed E-state index contributed by atoms with van der Waals surface area (Å²) in [6, 6.07) is 13.1. The number of anilines is 1. The standard InChI is InChI=1S/C24H25ClN4O5S/c1-34-24(31)22-5-3-2-4-18(22)15-28-16-20(14-26-28)27-23(30)17-10-12-29(13-11-17)35(32,33)21-8-6-19(25)7-9-21/h2-9,14,16-17H,10-13,15H2,1H3,(H,27,30). The van der Waals surface area contributed by atoms with Gasteiger partial charge in [0.2, 0.25) is 15.9 Å². The normalized spacial score (nSPS) is 15.0. The molecule has 3 aromatic rings. The predicted molar refractivity (Wildman–Crippen MR) is 131 cm³/mol. The number of methoxy groups -OCH3 is 1. The van der Waals surface area contributed by atoms with Gasteiger partial charge in [-0.25, -0.2) is 13.2 Å². The minimum atomic E-state index is -3.63. The minimum absolute atomic E-state index is 0.178. The second-order valence-corrected chi connectivity index (χ2v) is 10.6. The maximum absolute atomic E-state index is 12.8. The number of ether oxygens (including phenoxy) is 1. The van der Waals surface area contributed by atoms with Crippen molar-refractivity contribution in [3.63, 3.8) is 0 Å². The Bertz CT molecular complexity index is 1320. The van der Waals surface area contributed by atoms with Crippen molar-refractivity contribution < 1.29 is 22.7 Å². The molecule has 1 aromatic heterocycles. The number of aromatic nitrogens is 2. The average Bonchev–Trinajstić information content (AvgIpc) is 3.30. The van der Waals surface area contributed by atoms with Crippen molar-refractivity contribution in [2.24, 2.45) is 5.92 Å². The Kier molecular flexibility index (Phi) is 7.54. The molecule has 0 spiro atoms. The monoisotopic (exact) mass is 516 g/mol. The molecule has 0 bridgehead atoms. The predicted octanol–water partition coefficient (Wildman–Crippen LogP) is 3.41. The molecule has 0 aliphatic carbocycles. The van der Waals surface area contributed by atoms with E-state index in [9.17, 15) is 18.0 Å². The van der Waals surface area contributed by atoms with Crippen molar-refractivity contribution in [2.75, 3.05) is 25.5 Å². The lowest BCUT2D eigenvalue weighted by Gasteiger charge is -2.30. The van der Waals surface area contributed by atoms with E-state index < -0.39 is 16.0 Å². The third-order valence-corrected chi connectivity index (χ3v) is 8.10. The summed E-state index contributed by atoms with van der Waals surface area (Å²) in [7, 11) is -2.30. The number of hydrogen-bond acceptors (Lipinski definition) is 6. The zero-order chi connectivity index (χ0) is 25.0. The fourth-order valence-electron chi connectivity index (χ4n) is 4.01. The molecule has 1 N–H and O–H groups in total. The second-order valence-electron chi connectivity index (χ2n) is 8.20. The van der Waals surface area contributed by atoms with Crippen LogP contribution in [-0.4, -0.2) is 54.6 Å². The number of rotatable bonds is 7. The number of carbonyl (C=O) groups excluding carboxylic acids is 2. The van der Waals surface area contributed by atoms with E-state index in [0.717, 1.165) is 5.56 Å². The minimum Gasteiger partial charge on any atom is -0.465 e. The van der Waals surface area contributed by atoms with E-state index in [0.29, 0.717) is 35.7 Å². The van der Waals surface area contributed by atoms with E-state index in [4.69, 9.17) is 16.3 Å². The number of halogens is 1. The first-order valence-electron chi connectivity index (χ1n) is 11.0. The number of nitrogens with zero attached hydrogens (tertiary/aromatic N) is 3. The molecule has 1 amide bonds. The van der Waals surface area contributed by atoms with Crippen LogP contribution in [0.15, 0.2) is 65.8 Å². The first-order chi connectivity index (χ1) is 16.8. The third-order valence-electron chi connectivity index (χ3n) is 5.93. The maximum Gasteiger partial charge on any atom is 0.338 e. The Hall–Kier alpha value is -3.21. The quantitative estimate of drug-likeness (QED) is 0.482. The lowest BCUT2D eigenvalue weighted by molar-refractivity contribution is -0.120. The molecule has 1 fully saturated rings. The van der Waals surface area contributed by atoms with Gasteiger partial charge in [0, 0.05) is 30.2 Å². The van der Waals surface area contributed by atoms with E-state index in [1.807, 2.05) is 12.1 Å². The molecule has 0 radical (unpaired) electrons. The van der Waals surface area contributed by atoms with Gasteiger partial charge in [-0.15, -0.1) is 0 Å². The van der Waals surface area contributed by atoms with Crippen molar-refractivity contribution in [1.29, 1.82) is 0 Å². The number of nitrogens with one attached hydrogen (secondary N) is 1. The van der Waals surface area contributed by atoms with E-state index in [-0.39, 0.29) is 29.8 Å². The van der Waals surface area contributed by atoms with Crippen LogP contribution in [0.2, 0.25) is 5.02 Å². The van der Waals surface area contributed by atoms with Crippen molar-refractivity contribution in [2.45, 2.75) is 24.3 Å². The van der Waals surface area contributed by atoms with Gasteiger partial charge in [0.05, 0.1) is 36.0 Å². The first-order valence-corrected chi connectivity index (χ1v) is 12.8. The summed E-state index contributed by atoms with van der Waals surface area (Å²) in [6.07, 6.45) is 4.06.